The molecule has 0 aliphatic rings. The van der Waals surface area contributed by atoms with Crippen LogP contribution in [0.25, 0.3) is 0 Å². The van der Waals surface area contributed by atoms with Crippen LogP contribution in [-0.4, -0.2) is 45.4 Å². The minimum absolute atomic E-state index is 0.0306. The maximum atomic E-state index is 13.8. The maximum absolute atomic E-state index is 13.8. The number of carboxylic acids is 1. The van der Waals surface area contributed by atoms with Crippen LogP contribution in [0.5, 0.6) is 0 Å². The molecular weight excluding hydrogens is 313 g/mol. The van der Waals surface area contributed by atoms with Crippen molar-refractivity contribution < 1.29 is 26.9 Å². The molecule has 0 bridgehead atoms. The van der Waals surface area contributed by atoms with Crippen LogP contribution < -0.4 is 4.90 Å². The Kier molecular flexibility index (Phi) is 5.73. The second-order valence-electron chi connectivity index (χ2n) is 3.91. The number of hydrogen-bond acceptors (Lipinski definition) is 5. The molecule has 1 rings (SSSR count). The van der Waals surface area contributed by atoms with Crippen LogP contribution in [0.1, 0.15) is 0 Å². The second kappa shape index (κ2) is 6.87. The van der Waals surface area contributed by atoms with E-state index in [9.17, 15) is 17.6 Å². The number of halogens is 2. The fraction of sp³-hybridized carbons (Fsp3) is 0.364. The quantitative estimate of drug-likeness (QED) is 0.762. The second-order valence-corrected chi connectivity index (χ2v) is 5.97. The average Bonchev–Trinajstić information content (AvgIpc) is 2.29. The highest BCUT2D eigenvalue weighted by molar-refractivity contribution is 7.85. The summed E-state index contributed by atoms with van der Waals surface area (Å²) in [7, 11) is -3.64. The molecule has 0 saturated carbocycles. The van der Waals surface area contributed by atoms with Gasteiger partial charge in [0.1, 0.15) is 6.54 Å². The van der Waals surface area contributed by atoms with Crippen LogP contribution in [0.2, 0.25) is 5.02 Å². The molecule has 0 aliphatic heterocycles. The first-order chi connectivity index (χ1) is 9.20. The molecular formula is C11H13ClFNO5S. The van der Waals surface area contributed by atoms with E-state index in [0.29, 0.717) is 0 Å². The predicted octanol–water partition coefficient (Wildman–Crippen LogP) is 1.35. The van der Waals surface area contributed by atoms with Crippen molar-refractivity contribution in [2.24, 2.45) is 0 Å². The Hall–Kier alpha value is -1.38. The molecule has 0 spiro atoms. The van der Waals surface area contributed by atoms with Crippen molar-refractivity contribution >= 4 is 33.4 Å². The average molecular weight is 326 g/mol. The van der Waals surface area contributed by atoms with E-state index in [1.165, 1.54) is 18.2 Å². The van der Waals surface area contributed by atoms with Gasteiger partial charge >= 0.3 is 5.97 Å². The molecule has 0 saturated heterocycles. The van der Waals surface area contributed by atoms with Crippen LogP contribution in [-0.2, 0) is 19.1 Å². The molecule has 0 radical (unpaired) electrons. The molecule has 20 heavy (non-hydrogen) atoms. The first-order valence-electron chi connectivity index (χ1n) is 5.46. The number of rotatable bonds is 7. The molecule has 0 amide bonds. The van der Waals surface area contributed by atoms with Gasteiger partial charge in [0.15, 0.2) is 5.82 Å². The molecule has 0 heterocycles. The third-order valence-corrected chi connectivity index (χ3v) is 3.14. The van der Waals surface area contributed by atoms with E-state index in [4.69, 9.17) is 16.7 Å². The summed E-state index contributed by atoms with van der Waals surface area (Å²) in [5.41, 5.74) is -0.0306. The predicted molar refractivity (Wildman–Crippen MR) is 72.1 cm³/mol. The highest BCUT2D eigenvalue weighted by Gasteiger charge is 2.17. The number of nitrogens with zero attached hydrogens (tertiary/aromatic N) is 1. The monoisotopic (exact) mass is 325 g/mol. The van der Waals surface area contributed by atoms with Crippen molar-refractivity contribution in [3.8, 4) is 0 Å². The van der Waals surface area contributed by atoms with E-state index in [2.05, 4.69) is 4.18 Å². The van der Waals surface area contributed by atoms with Gasteiger partial charge in [0, 0.05) is 6.54 Å². The van der Waals surface area contributed by atoms with E-state index < -0.39 is 28.4 Å². The van der Waals surface area contributed by atoms with Crippen molar-refractivity contribution in [3.05, 3.63) is 29.0 Å². The number of carboxylic acid groups (broad SMARTS) is 1. The van der Waals surface area contributed by atoms with Crippen LogP contribution in [0.15, 0.2) is 18.2 Å². The summed E-state index contributed by atoms with van der Waals surface area (Å²) in [5, 5.41) is 8.66. The lowest BCUT2D eigenvalue weighted by Gasteiger charge is -2.23. The van der Waals surface area contributed by atoms with Gasteiger partial charge in [-0.05, 0) is 12.1 Å². The third kappa shape index (κ3) is 5.32. The van der Waals surface area contributed by atoms with Gasteiger partial charge < -0.3 is 10.0 Å². The number of aliphatic carboxylic acids is 1. The highest BCUT2D eigenvalue weighted by atomic mass is 35.5. The lowest BCUT2D eigenvalue weighted by molar-refractivity contribution is -0.135. The standard InChI is InChI=1S/C11H13ClFNO5S/c1-20(17,18)19-6-5-14(7-10(15)16)9-4-2-3-8(12)11(9)13/h2-4H,5-7H2,1H3,(H,15,16). The van der Waals surface area contributed by atoms with Crippen LogP contribution in [0.4, 0.5) is 10.1 Å². The molecule has 0 aliphatic carbocycles. The lowest BCUT2D eigenvalue weighted by Crippen LogP contribution is -2.33. The SMILES string of the molecule is CS(=O)(=O)OCCN(CC(=O)O)c1cccc(Cl)c1F. The summed E-state index contributed by atoms with van der Waals surface area (Å²) in [4.78, 5) is 11.9. The molecule has 1 aromatic rings. The summed E-state index contributed by atoms with van der Waals surface area (Å²) < 4.78 is 40.0. The zero-order valence-corrected chi connectivity index (χ0v) is 12.1. The van der Waals surface area contributed by atoms with Gasteiger partial charge in [-0.25, -0.2) is 4.39 Å². The van der Waals surface area contributed by atoms with Crippen LogP contribution >= 0.6 is 11.6 Å². The topological polar surface area (TPSA) is 83.9 Å². The highest BCUT2D eigenvalue weighted by Crippen LogP contribution is 2.25. The number of benzene rings is 1. The van der Waals surface area contributed by atoms with Crippen molar-refractivity contribution in [3.63, 3.8) is 0 Å². The Morgan fingerprint density at radius 3 is 2.70 bits per heavy atom. The molecule has 6 nitrogen and oxygen atoms in total. The fourth-order valence-electron chi connectivity index (χ4n) is 1.48. The van der Waals surface area contributed by atoms with Crippen molar-refractivity contribution in [2.75, 3.05) is 30.9 Å². The third-order valence-electron chi connectivity index (χ3n) is 2.26. The van der Waals surface area contributed by atoms with Crippen LogP contribution in [0, 0.1) is 5.82 Å². The molecule has 0 fully saturated rings. The summed E-state index contributed by atoms with van der Waals surface area (Å²) in [6, 6.07) is 4.14. The lowest BCUT2D eigenvalue weighted by atomic mass is 10.2. The minimum Gasteiger partial charge on any atom is -0.480 e. The number of hydrogen-bond donors (Lipinski definition) is 1. The Morgan fingerprint density at radius 2 is 2.15 bits per heavy atom. The van der Waals surface area contributed by atoms with Gasteiger partial charge in [0.2, 0.25) is 0 Å². The van der Waals surface area contributed by atoms with Crippen molar-refractivity contribution in [1.82, 2.24) is 0 Å². The molecule has 0 unspecified atom stereocenters. The van der Waals surface area contributed by atoms with Gasteiger partial charge in [-0.15, -0.1) is 0 Å². The molecule has 9 heteroatoms. The first kappa shape index (κ1) is 16.7. The summed E-state index contributed by atoms with van der Waals surface area (Å²) >= 11 is 5.62. The molecule has 0 aromatic heterocycles. The summed E-state index contributed by atoms with van der Waals surface area (Å²) in [5.74, 6) is -1.96. The van der Waals surface area contributed by atoms with E-state index >= 15 is 0 Å². The molecule has 112 valence electrons. The smallest absolute Gasteiger partial charge is 0.323 e. The van der Waals surface area contributed by atoms with Gasteiger partial charge in [-0.3, -0.25) is 8.98 Å². The van der Waals surface area contributed by atoms with Crippen molar-refractivity contribution in [2.45, 2.75) is 0 Å². The van der Waals surface area contributed by atoms with E-state index in [1.807, 2.05) is 0 Å². The molecule has 0 atom stereocenters. The zero-order valence-electron chi connectivity index (χ0n) is 10.5. The van der Waals surface area contributed by atoms with Crippen LogP contribution in [0.3, 0.4) is 0 Å². The Bertz CT molecular complexity index is 592. The minimum atomic E-state index is -3.64. The normalized spacial score (nSPS) is 11.3. The van der Waals surface area contributed by atoms with Gasteiger partial charge in [0.25, 0.3) is 10.1 Å². The van der Waals surface area contributed by atoms with Gasteiger partial charge in [-0.1, -0.05) is 17.7 Å². The summed E-state index contributed by atoms with van der Waals surface area (Å²) in [6.45, 7) is -0.918. The van der Waals surface area contributed by atoms with E-state index in [1.54, 1.807) is 0 Å². The van der Waals surface area contributed by atoms with Crippen molar-refractivity contribution in [1.29, 1.82) is 0 Å². The maximum Gasteiger partial charge on any atom is 0.323 e. The zero-order chi connectivity index (χ0) is 15.3. The summed E-state index contributed by atoms with van der Waals surface area (Å²) in [6.07, 6.45) is 0.870. The first-order valence-corrected chi connectivity index (χ1v) is 7.65. The van der Waals surface area contributed by atoms with E-state index in [0.717, 1.165) is 11.2 Å². The Morgan fingerprint density at radius 1 is 1.50 bits per heavy atom. The molecule has 1 aromatic carbocycles. The fourth-order valence-corrected chi connectivity index (χ4v) is 2.03. The van der Waals surface area contributed by atoms with Gasteiger partial charge in [-0.2, -0.15) is 8.42 Å². The number of anilines is 1. The molecule has 1 N–H and O–H groups in total. The Labute approximate surface area is 120 Å². The van der Waals surface area contributed by atoms with Gasteiger partial charge in [0.05, 0.1) is 23.6 Å². The number of carbonyl (C=O) groups is 1. The largest absolute Gasteiger partial charge is 0.480 e. The van der Waals surface area contributed by atoms with E-state index in [-0.39, 0.29) is 23.9 Å². The Balaban J connectivity index is 2.89.